The maximum Gasteiger partial charge on any atom is 0.252 e. The van der Waals surface area contributed by atoms with Crippen molar-refractivity contribution in [3.05, 3.63) is 26.0 Å². The number of allylic oxidation sites excluding steroid dienone is 2. The van der Waals surface area contributed by atoms with Gasteiger partial charge in [-0.15, -0.1) is 11.3 Å². The normalized spacial score (nSPS) is 21.4. The van der Waals surface area contributed by atoms with E-state index in [0.29, 0.717) is 5.70 Å². The molecule has 7 nitrogen and oxygen atoms in total. The zero-order valence-corrected chi connectivity index (χ0v) is 14.6. The lowest BCUT2D eigenvalue weighted by molar-refractivity contribution is 0.0997. The molecule has 1 aromatic rings. The number of halogens is 2. The van der Waals surface area contributed by atoms with E-state index in [1.54, 1.807) is 13.0 Å². The predicted octanol–water partition coefficient (Wildman–Crippen LogP) is 1.68. The summed E-state index contributed by atoms with van der Waals surface area (Å²) >= 11 is 12.5. The smallest absolute Gasteiger partial charge is 0.252 e. The first-order valence-electron chi connectivity index (χ1n) is 5.87. The van der Waals surface area contributed by atoms with Crippen LogP contribution in [-0.2, 0) is 10.0 Å². The molecule has 2 heterocycles. The molecule has 1 aliphatic heterocycles. The van der Waals surface area contributed by atoms with Gasteiger partial charge in [0.15, 0.2) is 5.79 Å². The number of primary amides is 1. The van der Waals surface area contributed by atoms with Crippen molar-refractivity contribution in [2.45, 2.75) is 24.5 Å². The van der Waals surface area contributed by atoms with Gasteiger partial charge in [0.05, 0.1) is 5.56 Å². The lowest BCUT2D eigenvalue weighted by Gasteiger charge is -2.30. The van der Waals surface area contributed by atoms with E-state index >= 15 is 0 Å². The molecule has 0 fully saturated rings. The number of nitrogens with two attached hydrogens (primary N) is 1. The molecule has 0 radical (unpaired) electrons. The van der Waals surface area contributed by atoms with Gasteiger partial charge in [0.1, 0.15) is 13.6 Å². The van der Waals surface area contributed by atoms with Crippen LogP contribution in [0.25, 0.3) is 0 Å². The number of nitrogens with one attached hydrogen (secondary N) is 2. The number of nitrogens with zero attached hydrogens (tertiary/aromatic N) is 1. The third-order valence-corrected chi connectivity index (χ3v) is 6.19. The lowest BCUT2D eigenvalue weighted by atomic mass is 10.3. The molecule has 1 amide bonds. The molecular weight excluding hydrogens is 371 g/mol. The Hall–Kier alpha value is -1.13. The number of hydrogen-bond donors (Lipinski definition) is 3. The molecule has 11 heteroatoms. The van der Waals surface area contributed by atoms with Gasteiger partial charge in [0.25, 0.3) is 5.91 Å². The van der Waals surface area contributed by atoms with Crippen molar-refractivity contribution in [2.75, 3.05) is 0 Å². The maximum atomic E-state index is 12.6. The number of hydrogen-bond acceptors (Lipinski definition) is 6. The number of rotatable bonds is 4. The van der Waals surface area contributed by atoms with E-state index in [1.165, 1.54) is 13.1 Å². The summed E-state index contributed by atoms with van der Waals surface area (Å²) in [5.41, 5.74) is 5.57. The summed E-state index contributed by atoms with van der Waals surface area (Å²) in [4.78, 5) is 15.1. The van der Waals surface area contributed by atoms with Crippen molar-refractivity contribution < 1.29 is 13.2 Å². The highest BCUT2D eigenvalue weighted by molar-refractivity contribution is 7.90. The summed E-state index contributed by atoms with van der Waals surface area (Å²) < 4.78 is 27.3. The lowest BCUT2D eigenvalue weighted by Crippen LogP contribution is -2.55. The second-order valence-electron chi connectivity index (χ2n) is 4.65. The van der Waals surface area contributed by atoms with E-state index in [1.807, 2.05) is 0 Å². The number of thiophene rings is 1. The van der Waals surface area contributed by atoms with Crippen LogP contribution >= 0.6 is 34.5 Å². The van der Waals surface area contributed by atoms with E-state index < -0.39 is 26.6 Å². The molecule has 1 aromatic heterocycles. The molecule has 0 aromatic carbocycles. The largest absolute Gasteiger partial charge is 0.365 e. The van der Waals surface area contributed by atoms with Crippen molar-refractivity contribution in [1.82, 2.24) is 10.0 Å². The van der Waals surface area contributed by atoms with Crippen LogP contribution in [0.15, 0.2) is 21.7 Å². The topological polar surface area (TPSA) is 114 Å². The van der Waals surface area contributed by atoms with Crippen molar-refractivity contribution in [3.8, 4) is 0 Å². The minimum absolute atomic E-state index is 0.0841. The Bertz CT molecular complexity index is 801. The Kier molecular flexibility index (Phi) is 4.56. The molecule has 120 valence electrons. The van der Waals surface area contributed by atoms with Crippen LogP contribution in [0.3, 0.4) is 0 Å². The predicted molar refractivity (Wildman–Crippen MR) is 87.0 cm³/mol. The molecule has 2 rings (SSSR count). The number of aliphatic imine (C=N–C) groups is 1. The molecule has 22 heavy (non-hydrogen) atoms. The quantitative estimate of drug-likeness (QED) is 0.734. The molecule has 1 unspecified atom stereocenters. The molecule has 0 saturated heterocycles. The van der Waals surface area contributed by atoms with Gasteiger partial charge >= 0.3 is 0 Å². The average molecular weight is 383 g/mol. The standard InChI is InChI=1S/C11H12Cl2N4O3S2/c1-5-3-4-15-11(2,16-5)17-22(19,20)7-6(10(14)18)8(12)21-9(7)13/h3-4,16-17H,1-2H3,(H2,14,18). The third kappa shape index (κ3) is 3.28. The molecule has 4 N–H and O–H groups in total. The summed E-state index contributed by atoms with van der Waals surface area (Å²) in [6.07, 6.45) is 3.14. The zero-order chi connectivity index (χ0) is 16.7. The fraction of sp³-hybridized carbons (Fsp3) is 0.273. The van der Waals surface area contributed by atoms with Crippen LogP contribution in [-0.4, -0.2) is 26.3 Å². The van der Waals surface area contributed by atoms with E-state index in [2.05, 4.69) is 15.0 Å². The van der Waals surface area contributed by atoms with Gasteiger partial charge in [-0.3, -0.25) is 4.79 Å². The Morgan fingerprint density at radius 3 is 2.64 bits per heavy atom. The summed E-state index contributed by atoms with van der Waals surface area (Å²) in [7, 11) is -4.19. The van der Waals surface area contributed by atoms with Crippen LogP contribution in [0.1, 0.15) is 24.2 Å². The Morgan fingerprint density at radius 1 is 1.45 bits per heavy atom. The van der Waals surface area contributed by atoms with E-state index in [9.17, 15) is 13.2 Å². The summed E-state index contributed by atoms with van der Waals surface area (Å²) in [5, 5.41) is 2.88. The summed E-state index contributed by atoms with van der Waals surface area (Å²) in [6, 6.07) is 0. The highest BCUT2D eigenvalue weighted by atomic mass is 35.5. The first-order chi connectivity index (χ1) is 10.1. The van der Waals surface area contributed by atoms with Crippen molar-refractivity contribution in [1.29, 1.82) is 0 Å². The van der Waals surface area contributed by atoms with E-state index in [4.69, 9.17) is 28.9 Å². The molecule has 0 saturated carbocycles. The van der Waals surface area contributed by atoms with Crippen LogP contribution < -0.4 is 15.8 Å². The van der Waals surface area contributed by atoms with Gasteiger partial charge in [-0.25, -0.2) is 13.4 Å². The van der Waals surface area contributed by atoms with Gasteiger partial charge < -0.3 is 11.1 Å². The minimum Gasteiger partial charge on any atom is -0.365 e. The zero-order valence-electron chi connectivity index (χ0n) is 11.5. The monoisotopic (exact) mass is 382 g/mol. The van der Waals surface area contributed by atoms with Crippen LogP contribution in [0.5, 0.6) is 0 Å². The van der Waals surface area contributed by atoms with Gasteiger partial charge in [-0.1, -0.05) is 23.2 Å². The molecule has 1 atom stereocenters. The number of carbonyl (C=O) groups is 1. The maximum absolute atomic E-state index is 12.6. The van der Waals surface area contributed by atoms with Gasteiger partial charge in [0, 0.05) is 11.9 Å². The summed E-state index contributed by atoms with van der Waals surface area (Å²) in [6.45, 7) is 3.27. The average Bonchev–Trinajstić information content (AvgIpc) is 2.63. The first kappa shape index (κ1) is 17.2. The highest BCUT2D eigenvalue weighted by Crippen LogP contribution is 2.39. The number of sulfonamides is 1. The van der Waals surface area contributed by atoms with Crippen LogP contribution in [0.2, 0.25) is 8.67 Å². The molecule has 1 aliphatic rings. The number of carbonyl (C=O) groups excluding carboxylic acids is 1. The summed E-state index contributed by atoms with van der Waals surface area (Å²) in [5.74, 6) is -2.29. The Labute approximate surface area is 141 Å². The highest BCUT2D eigenvalue weighted by Gasteiger charge is 2.36. The fourth-order valence-corrected chi connectivity index (χ4v) is 5.74. The van der Waals surface area contributed by atoms with Gasteiger partial charge in [-0.05, 0) is 19.9 Å². The van der Waals surface area contributed by atoms with E-state index in [0.717, 1.165) is 11.3 Å². The number of amides is 1. The van der Waals surface area contributed by atoms with Gasteiger partial charge in [-0.2, -0.15) is 4.72 Å². The molecule has 0 aliphatic carbocycles. The van der Waals surface area contributed by atoms with Crippen molar-refractivity contribution in [2.24, 2.45) is 10.7 Å². The Balaban J connectivity index is 2.47. The SMILES string of the molecule is CC1=CC=NC(C)(NS(=O)(=O)c2c(Cl)sc(Cl)c2C(N)=O)N1. The van der Waals surface area contributed by atoms with Crippen LogP contribution in [0.4, 0.5) is 0 Å². The third-order valence-electron chi connectivity index (χ3n) is 2.73. The van der Waals surface area contributed by atoms with Gasteiger partial charge in [0.2, 0.25) is 10.0 Å². The van der Waals surface area contributed by atoms with Crippen molar-refractivity contribution in [3.63, 3.8) is 0 Å². The molecule has 0 bridgehead atoms. The van der Waals surface area contributed by atoms with E-state index in [-0.39, 0.29) is 14.2 Å². The Morgan fingerprint density at radius 2 is 2.09 bits per heavy atom. The second kappa shape index (κ2) is 5.82. The fourth-order valence-electron chi connectivity index (χ4n) is 1.93. The second-order valence-corrected chi connectivity index (χ2v) is 8.49. The first-order valence-corrected chi connectivity index (χ1v) is 8.93. The minimum atomic E-state index is -4.19. The van der Waals surface area contributed by atoms with Crippen molar-refractivity contribution >= 4 is 56.7 Å². The molecule has 0 spiro atoms. The van der Waals surface area contributed by atoms with Crippen LogP contribution in [0, 0.1) is 0 Å². The molecular formula is C11H12Cl2N4O3S2.